The Morgan fingerprint density at radius 1 is 1.59 bits per heavy atom. The van der Waals surface area contributed by atoms with Crippen molar-refractivity contribution in [3.05, 3.63) is 21.7 Å². The lowest BCUT2D eigenvalue weighted by Crippen LogP contribution is -2.36. The van der Waals surface area contributed by atoms with Gasteiger partial charge in [0.15, 0.2) is 5.82 Å². The smallest absolute Gasteiger partial charge is 0.271 e. The summed E-state index contributed by atoms with van der Waals surface area (Å²) in [4.78, 5) is 17.8. The van der Waals surface area contributed by atoms with Crippen molar-refractivity contribution in [3.63, 3.8) is 0 Å². The van der Waals surface area contributed by atoms with Crippen LogP contribution in [-0.4, -0.2) is 22.6 Å². The Morgan fingerprint density at radius 2 is 2.29 bits per heavy atom. The number of H-pyrrole nitrogens is 1. The molecule has 0 bridgehead atoms. The largest absolute Gasteiger partial charge is 0.364 e. The second kappa shape index (κ2) is 5.51. The van der Waals surface area contributed by atoms with Crippen molar-refractivity contribution in [1.29, 1.82) is 0 Å². The third kappa shape index (κ3) is 2.79. The number of halogens is 1. The van der Waals surface area contributed by atoms with E-state index < -0.39 is 0 Å². The highest BCUT2D eigenvalue weighted by Gasteiger charge is 2.24. The van der Waals surface area contributed by atoms with Crippen molar-refractivity contribution in [2.24, 2.45) is 11.7 Å². The number of hydrogen-bond donors (Lipinski definition) is 3. The van der Waals surface area contributed by atoms with Crippen LogP contribution in [0.15, 0.2) is 11.1 Å². The summed E-state index contributed by atoms with van der Waals surface area (Å²) < 4.78 is 0. The van der Waals surface area contributed by atoms with Gasteiger partial charge >= 0.3 is 0 Å². The molecule has 94 valence electrons. The summed E-state index contributed by atoms with van der Waals surface area (Å²) in [5, 5.41) is 3.29. The molecule has 0 radical (unpaired) electrons. The van der Waals surface area contributed by atoms with E-state index in [1.165, 1.54) is 32.0 Å². The van der Waals surface area contributed by atoms with E-state index in [0.717, 1.165) is 0 Å². The van der Waals surface area contributed by atoms with Crippen molar-refractivity contribution in [3.8, 4) is 0 Å². The van der Waals surface area contributed by atoms with Gasteiger partial charge in [-0.1, -0.05) is 24.4 Å². The second-order valence-electron chi connectivity index (χ2n) is 4.43. The molecule has 0 saturated heterocycles. The lowest BCUT2D eigenvalue weighted by atomic mass is 9.98. The average molecular weight is 257 g/mol. The van der Waals surface area contributed by atoms with E-state index in [2.05, 4.69) is 15.3 Å². The van der Waals surface area contributed by atoms with E-state index in [9.17, 15) is 4.79 Å². The molecule has 17 heavy (non-hydrogen) atoms. The van der Waals surface area contributed by atoms with E-state index in [4.69, 9.17) is 17.3 Å². The molecule has 1 heterocycles. The van der Waals surface area contributed by atoms with Crippen LogP contribution in [0.5, 0.6) is 0 Å². The monoisotopic (exact) mass is 256 g/mol. The number of rotatable bonds is 4. The number of nitrogens with one attached hydrogen (secondary N) is 2. The van der Waals surface area contributed by atoms with Crippen LogP contribution < -0.4 is 16.6 Å². The van der Waals surface area contributed by atoms with Crippen LogP contribution in [0.1, 0.15) is 25.7 Å². The Kier molecular flexibility index (Phi) is 4.02. The molecule has 1 saturated carbocycles. The lowest BCUT2D eigenvalue weighted by Gasteiger charge is -2.23. The molecule has 1 aromatic heterocycles. The summed E-state index contributed by atoms with van der Waals surface area (Å²) in [6.45, 7) is 0.523. The van der Waals surface area contributed by atoms with Crippen LogP contribution in [0.3, 0.4) is 0 Å². The van der Waals surface area contributed by atoms with Crippen LogP contribution in [-0.2, 0) is 0 Å². The molecular weight excluding hydrogens is 240 g/mol. The third-order valence-corrected chi connectivity index (χ3v) is 3.69. The highest BCUT2D eigenvalue weighted by molar-refractivity contribution is 6.32. The van der Waals surface area contributed by atoms with E-state index in [0.29, 0.717) is 18.3 Å². The number of anilines is 1. The molecule has 1 aliphatic rings. The number of aromatic amines is 1. The molecule has 0 amide bonds. The molecule has 1 unspecified atom stereocenters. The molecule has 1 aliphatic carbocycles. The Balaban J connectivity index is 2.12. The molecule has 6 heteroatoms. The summed E-state index contributed by atoms with van der Waals surface area (Å²) in [7, 11) is 0. The summed E-state index contributed by atoms with van der Waals surface area (Å²) in [6, 6.07) is 0.143. The molecule has 1 aromatic rings. The number of hydrogen-bond acceptors (Lipinski definition) is 4. The van der Waals surface area contributed by atoms with Gasteiger partial charge in [-0.3, -0.25) is 4.79 Å². The molecule has 4 N–H and O–H groups in total. The molecule has 2 rings (SSSR count). The van der Waals surface area contributed by atoms with Gasteiger partial charge in [0.1, 0.15) is 5.02 Å². The zero-order chi connectivity index (χ0) is 12.3. The first-order valence-electron chi connectivity index (χ1n) is 5.92. The Bertz CT molecular complexity index is 428. The van der Waals surface area contributed by atoms with Gasteiger partial charge in [0.2, 0.25) is 0 Å². The second-order valence-corrected chi connectivity index (χ2v) is 4.80. The van der Waals surface area contributed by atoms with Crippen LogP contribution in [0.4, 0.5) is 5.82 Å². The highest BCUT2D eigenvalue weighted by Crippen LogP contribution is 2.29. The van der Waals surface area contributed by atoms with Gasteiger partial charge in [-0.05, 0) is 18.8 Å². The highest BCUT2D eigenvalue weighted by atomic mass is 35.5. The summed E-state index contributed by atoms with van der Waals surface area (Å²) in [5.74, 6) is 0.981. The van der Waals surface area contributed by atoms with Gasteiger partial charge in [-0.2, -0.15) is 0 Å². The fraction of sp³-hybridized carbons (Fsp3) is 0.636. The van der Waals surface area contributed by atoms with E-state index in [1.807, 2.05) is 0 Å². The van der Waals surface area contributed by atoms with Crippen molar-refractivity contribution in [2.45, 2.75) is 31.7 Å². The van der Waals surface area contributed by atoms with Crippen molar-refractivity contribution in [1.82, 2.24) is 9.97 Å². The maximum absolute atomic E-state index is 11.3. The number of nitrogens with two attached hydrogens (primary N) is 1. The Morgan fingerprint density at radius 3 is 2.94 bits per heavy atom. The quantitative estimate of drug-likeness (QED) is 0.759. The lowest BCUT2D eigenvalue weighted by molar-refractivity contribution is 0.461. The molecule has 5 nitrogen and oxygen atoms in total. The summed E-state index contributed by atoms with van der Waals surface area (Å²) in [5.41, 5.74) is 5.44. The van der Waals surface area contributed by atoms with Gasteiger partial charge in [0.25, 0.3) is 5.56 Å². The van der Waals surface area contributed by atoms with Crippen LogP contribution >= 0.6 is 11.6 Å². The molecule has 1 atom stereocenters. The minimum absolute atomic E-state index is 0.101. The minimum atomic E-state index is -0.327. The maximum atomic E-state index is 11.3. The van der Waals surface area contributed by atoms with Crippen LogP contribution in [0, 0.1) is 5.92 Å². The Hall–Kier alpha value is -1.07. The maximum Gasteiger partial charge on any atom is 0.271 e. The van der Waals surface area contributed by atoms with Gasteiger partial charge in [0.05, 0.1) is 6.33 Å². The van der Waals surface area contributed by atoms with Crippen molar-refractivity contribution < 1.29 is 0 Å². The molecule has 0 aromatic carbocycles. The first-order valence-corrected chi connectivity index (χ1v) is 6.30. The molecule has 0 spiro atoms. The summed E-state index contributed by atoms with van der Waals surface area (Å²) >= 11 is 5.89. The molecule has 1 fully saturated rings. The standard InChI is InChI=1S/C11H17ClN4O/c12-9-10(14-6-15-11(9)17)16-8(5-13)7-3-1-2-4-7/h6-8H,1-5,13H2,(H2,14,15,16,17). The van der Waals surface area contributed by atoms with Crippen molar-refractivity contribution in [2.75, 3.05) is 11.9 Å². The van der Waals surface area contributed by atoms with Gasteiger partial charge in [-0.25, -0.2) is 4.98 Å². The molecule has 0 aliphatic heterocycles. The first kappa shape index (κ1) is 12.4. The molecular formula is C11H17ClN4O. The zero-order valence-corrected chi connectivity index (χ0v) is 10.3. The van der Waals surface area contributed by atoms with Crippen molar-refractivity contribution >= 4 is 17.4 Å². The van der Waals surface area contributed by atoms with E-state index >= 15 is 0 Å². The first-order chi connectivity index (χ1) is 8.22. The van der Waals surface area contributed by atoms with Gasteiger partial charge < -0.3 is 16.0 Å². The fourth-order valence-corrected chi connectivity index (χ4v) is 2.55. The van der Waals surface area contributed by atoms with Gasteiger partial charge in [-0.15, -0.1) is 0 Å². The number of aromatic nitrogens is 2. The third-order valence-electron chi connectivity index (χ3n) is 3.34. The predicted molar refractivity (Wildman–Crippen MR) is 68.3 cm³/mol. The number of nitrogens with zero attached hydrogens (tertiary/aromatic N) is 1. The summed E-state index contributed by atoms with van der Waals surface area (Å²) in [6.07, 6.45) is 6.20. The normalized spacial score (nSPS) is 18.2. The van der Waals surface area contributed by atoms with E-state index in [-0.39, 0.29) is 16.6 Å². The Labute approximate surface area is 105 Å². The van der Waals surface area contributed by atoms with Crippen LogP contribution in [0.25, 0.3) is 0 Å². The zero-order valence-electron chi connectivity index (χ0n) is 9.58. The SMILES string of the molecule is NCC(Nc1nc[nH]c(=O)c1Cl)C1CCCC1. The van der Waals surface area contributed by atoms with Crippen LogP contribution in [0.2, 0.25) is 5.02 Å². The minimum Gasteiger partial charge on any atom is -0.364 e. The fourth-order valence-electron chi connectivity index (χ4n) is 2.39. The average Bonchev–Trinajstić information content (AvgIpc) is 2.85. The predicted octanol–water partition coefficient (Wildman–Crippen LogP) is 1.35. The van der Waals surface area contributed by atoms with Gasteiger partial charge in [0, 0.05) is 12.6 Å². The van der Waals surface area contributed by atoms with E-state index in [1.54, 1.807) is 0 Å². The topological polar surface area (TPSA) is 83.8 Å².